The van der Waals surface area contributed by atoms with Gasteiger partial charge in [-0.15, -0.1) is 0 Å². The molecule has 0 bridgehead atoms. The Morgan fingerprint density at radius 2 is 2.12 bits per heavy atom. The molecule has 1 atom stereocenters. The Balaban J connectivity index is 1.89. The average Bonchev–Trinajstić information content (AvgIpc) is 3.11. The number of ether oxygens (including phenoxy) is 1. The molecule has 0 radical (unpaired) electrons. The van der Waals surface area contributed by atoms with Crippen LogP contribution in [0.15, 0.2) is 33.7 Å². The number of hydrogen-bond donors (Lipinski definition) is 0. The van der Waals surface area contributed by atoms with E-state index in [1.54, 1.807) is 23.5 Å². The van der Waals surface area contributed by atoms with E-state index in [9.17, 15) is 8.42 Å². The molecule has 26 heavy (non-hydrogen) atoms. The zero-order valence-electron chi connectivity index (χ0n) is 15.4. The topological polar surface area (TPSA) is 85.5 Å². The first kappa shape index (κ1) is 19.0. The highest BCUT2D eigenvalue weighted by Gasteiger charge is 2.41. The summed E-state index contributed by atoms with van der Waals surface area (Å²) in [6.45, 7) is 5.03. The molecule has 0 spiro atoms. The number of aryl methyl sites for hydroxylation is 1. The van der Waals surface area contributed by atoms with Gasteiger partial charge in [0.05, 0.1) is 4.90 Å². The Morgan fingerprint density at radius 1 is 1.35 bits per heavy atom. The van der Waals surface area contributed by atoms with E-state index in [2.05, 4.69) is 10.1 Å². The summed E-state index contributed by atoms with van der Waals surface area (Å²) in [6, 6.07) is 7.19. The minimum atomic E-state index is -3.56. The third kappa shape index (κ3) is 3.54. The SMILES string of the molecule is CCc1ccccc1S(=O)(=O)N1CCCC(C)(c2noc(COC)n2)C1. The van der Waals surface area contributed by atoms with Crippen LogP contribution in [-0.2, 0) is 33.2 Å². The van der Waals surface area contributed by atoms with E-state index >= 15 is 0 Å². The first-order valence-corrected chi connectivity index (χ1v) is 10.2. The number of hydrogen-bond acceptors (Lipinski definition) is 6. The van der Waals surface area contributed by atoms with Crippen LogP contribution in [0.4, 0.5) is 0 Å². The number of methoxy groups -OCH3 is 1. The van der Waals surface area contributed by atoms with Gasteiger partial charge in [0.1, 0.15) is 6.61 Å². The summed E-state index contributed by atoms with van der Waals surface area (Å²) in [6.07, 6.45) is 2.23. The predicted molar refractivity (Wildman–Crippen MR) is 96.2 cm³/mol. The molecule has 7 nitrogen and oxygen atoms in total. The van der Waals surface area contributed by atoms with Gasteiger partial charge < -0.3 is 9.26 Å². The van der Waals surface area contributed by atoms with Gasteiger partial charge in [0.2, 0.25) is 10.0 Å². The predicted octanol–water partition coefficient (Wildman–Crippen LogP) is 2.52. The molecule has 0 N–H and O–H groups in total. The zero-order chi connectivity index (χ0) is 18.8. The monoisotopic (exact) mass is 379 g/mol. The molecule has 1 saturated heterocycles. The molecule has 8 heteroatoms. The fourth-order valence-electron chi connectivity index (χ4n) is 3.45. The Kier molecular flexibility index (Phi) is 5.45. The summed E-state index contributed by atoms with van der Waals surface area (Å²) in [5.74, 6) is 0.938. The summed E-state index contributed by atoms with van der Waals surface area (Å²) >= 11 is 0. The number of sulfonamides is 1. The summed E-state index contributed by atoms with van der Waals surface area (Å²) in [5.41, 5.74) is 0.351. The number of benzene rings is 1. The Bertz CT molecular complexity index is 865. The number of nitrogens with zero attached hydrogens (tertiary/aromatic N) is 3. The minimum Gasteiger partial charge on any atom is -0.375 e. The molecule has 1 fully saturated rings. The van der Waals surface area contributed by atoms with Crippen molar-refractivity contribution in [3.63, 3.8) is 0 Å². The molecule has 2 heterocycles. The van der Waals surface area contributed by atoms with Crippen molar-refractivity contribution in [1.29, 1.82) is 0 Å². The second kappa shape index (κ2) is 7.46. The smallest absolute Gasteiger partial charge is 0.252 e. The first-order valence-electron chi connectivity index (χ1n) is 8.81. The standard InChI is InChI=1S/C18H25N3O4S/c1-4-14-8-5-6-9-15(14)26(22,23)21-11-7-10-18(2,13-21)17-19-16(12-24-3)25-20-17/h5-6,8-9H,4,7,10-13H2,1-3H3. The lowest BCUT2D eigenvalue weighted by atomic mass is 9.82. The van der Waals surface area contributed by atoms with E-state index in [0.29, 0.717) is 36.1 Å². The summed E-state index contributed by atoms with van der Waals surface area (Å²) in [7, 11) is -2.00. The van der Waals surface area contributed by atoms with Crippen molar-refractivity contribution < 1.29 is 17.7 Å². The fourth-order valence-corrected chi connectivity index (χ4v) is 5.35. The number of rotatable bonds is 6. The van der Waals surface area contributed by atoms with Crippen LogP contribution in [-0.4, -0.2) is 43.1 Å². The summed E-state index contributed by atoms with van der Waals surface area (Å²) < 4.78 is 38.3. The molecule has 2 aromatic rings. The van der Waals surface area contributed by atoms with Gasteiger partial charge in [-0.1, -0.05) is 37.2 Å². The maximum Gasteiger partial charge on any atom is 0.252 e. The van der Waals surface area contributed by atoms with Crippen LogP contribution in [0.5, 0.6) is 0 Å². The lowest BCUT2D eigenvalue weighted by molar-refractivity contribution is 0.151. The van der Waals surface area contributed by atoms with E-state index < -0.39 is 15.4 Å². The van der Waals surface area contributed by atoms with Crippen molar-refractivity contribution >= 4 is 10.0 Å². The van der Waals surface area contributed by atoms with Crippen molar-refractivity contribution in [2.45, 2.75) is 50.0 Å². The fraction of sp³-hybridized carbons (Fsp3) is 0.556. The molecular weight excluding hydrogens is 354 g/mol. The van der Waals surface area contributed by atoms with E-state index in [-0.39, 0.29) is 6.61 Å². The molecule has 0 saturated carbocycles. The maximum atomic E-state index is 13.2. The van der Waals surface area contributed by atoms with Crippen molar-refractivity contribution in [3.05, 3.63) is 41.5 Å². The van der Waals surface area contributed by atoms with Gasteiger partial charge in [0.15, 0.2) is 5.82 Å². The Labute approximate surface area is 154 Å². The normalized spacial score (nSPS) is 21.8. The van der Waals surface area contributed by atoms with Gasteiger partial charge in [-0.3, -0.25) is 0 Å². The van der Waals surface area contributed by atoms with Gasteiger partial charge in [-0.05, 0) is 30.9 Å². The van der Waals surface area contributed by atoms with E-state index in [0.717, 1.165) is 18.4 Å². The average molecular weight is 379 g/mol. The van der Waals surface area contributed by atoms with E-state index in [4.69, 9.17) is 9.26 Å². The number of piperidine rings is 1. The van der Waals surface area contributed by atoms with Gasteiger partial charge in [-0.25, -0.2) is 8.42 Å². The van der Waals surface area contributed by atoms with Crippen molar-refractivity contribution in [1.82, 2.24) is 14.4 Å². The van der Waals surface area contributed by atoms with Crippen molar-refractivity contribution in [2.24, 2.45) is 0 Å². The number of aromatic nitrogens is 2. The highest BCUT2D eigenvalue weighted by Crippen LogP contribution is 2.35. The van der Waals surface area contributed by atoms with Gasteiger partial charge in [0.25, 0.3) is 5.89 Å². The van der Waals surface area contributed by atoms with Gasteiger partial charge in [0, 0.05) is 25.6 Å². The largest absolute Gasteiger partial charge is 0.375 e. The van der Waals surface area contributed by atoms with E-state index in [1.807, 2.05) is 26.0 Å². The van der Waals surface area contributed by atoms with Crippen LogP contribution in [0, 0.1) is 0 Å². The summed E-state index contributed by atoms with van der Waals surface area (Å²) in [5, 5.41) is 4.07. The molecule has 0 amide bonds. The summed E-state index contributed by atoms with van der Waals surface area (Å²) in [4.78, 5) is 4.78. The molecule has 1 aromatic heterocycles. The Hall–Kier alpha value is -1.77. The Morgan fingerprint density at radius 3 is 2.85 bits per heavy atom. The lowest BCUT2D eigenvalue weighted by Gasteiger charge is -2.37. The quantitative estimate of drug-likeness (QED) is 0.767. The van der Waals surface area contributed by atoms with Crippen LogP contribution in [0.1, 0.15) is 44.0 Å². The molecule has 1 aliphatic heterocycles. The maximum absolute atomic E-state index is 13.2. The second-order valence-electron chi connectivity index (χ2n) is 6.91. The van der Waals surface area contributed by atoms with Crippen LogP contribution < -0.4 is 0 Å². The van der Waals surface area contributed by atoms with Gasteiger partial charge in [-0.2, -0.15) is 9.29 Å². The van der Waals surface area contributed by atoms with Crippen LogP contribution >= 0.6 is 0 Å². The molecule has 0 aliphatic carbocycles. The van der Waals surface area contributed by atoms with Crippen molar-refractivity contribution in [2.75, 3.05) is 20.2 Å². The third-order valence-electron chi connectivity index (χ3n) is 4.91. The molecule has 3 rings (SSSR count). The first-order chi connectivity index (χ1) is 12.4. The highest BCUT2D eigenvalue weighted by atomic mass is 32.2. The minimum absolute atomic E-state index is 0.245. The third-order valence-corrected chi connectivity index (χ3v) is 6.85. The van der Waals surface area contributed by atoms with Crippen LogP contribution in [0.2, 0.25) is 0 Å². The van der Waals surface area contributed by atoms with Crippen LogP contribution in [0.25, 0.3) is 0 Å². The van der Waals surface area contributed by atoms with Crippen LogP contribution in [0.3, 0.4) is 0 Å². The lowest BCUT2D eigenvalue weighted by Crippen LogP contribution is -2.47. The molecule has 142 valence electrons. The molecule has 1 unspecified atom stereocenters. The van der Waals surface area contributed by atoms with Crippen molar-refractivity contribution in [3.8, 4) is 0 Å². The molecular formula is C18H25N3O4S. The van der Waals surface area contributed by atoms with E-state index in [1.165, 1.54) is 0 Å². The zero-order valence-corrected chi connectivity index (χ0v) is 16.3. The molecule has 1 aliphatic rings. The molecule has 1 aromatic carbocycles. The highest BCUT2D eigenvalue weighted by molar-refractivity contribution is 7.89. The van der Waals surface area contributed by atoms with Gasteiger partial charge >= 0.3 is 0 Å². The second-order valence-corrected chi connectivity index (χ2v) is 8.82.